The Labute approximate surface area is 120 Å². The first kappa shape index (κ1) is 12.7. The highest BCUT2D eigenvalue weighted by molar-refractivity contribution is 9.10. The zero-order valence-corrected chi connectivity index (χ0v) is 12.4. The first-order chi connectivity index (χ1) is 9.13. The number of hydrogen-bond acceptors (Lipinski definition) is 2. The molecule has 1 aliphatic heterocycles. The molecule has 1 aromatic carbocycles. The Hall–Kier alpha value is -1.33. The van der Waals surface area contributed by atoms with Crippen molar-refractivity contribution >= 4 is 32.7 Å². The fourth-order valence-electron chi connectivity index (χ4n) is 2.40. The van der Waals surface area contributed by atoms with E-state index in [9.17, 15) is 4.79 Å². The topological polar surface area (TPSA) is 39.3 Å². The van der Waals surface area contributed by atoms with Crippen LogP contribution in [0.1, 0.15) is 10.5 Å². The minimum Gasteiger partial charge on any atom is -0.351 e. The number of hydrogen-bond donors (Lipinski definition) is 1. The van der Waals surface area contributed by atoms with E-state index in [1.807, 2.05) is 29.2 Å². The summed E-state index contributed by atoms with van der Waals surface area (Å²) in [5.74, 6) is 0.0976. The average molecular weight is 322 g/mol. The fourth-order valence-corrected chi connectivity index (χ4v) is 2.78. The second kappa shape index (κ2) is 4.98. The van der Waals surface area contributed by atoms with Gasteiger partial charge in [-0.3, -0.25) is 4.79 Å². The van der Waals surface area contributed by atoms with E-state index in [4.69, 9.17) is 0 Å². The lowest BCUT2D eigenvalue weighted by Crippen LogP contribution is -2.47. The van der Waals surface area contributed by atoms with Crippen molar-refractivity contribution in [2.24, 2.45) is 0 Å². The number of rotatable bonds is 1. The van der Waals surface area contributed by atoms with Gasteiger partial charge in [0.1, 0.15) is 5.69 Å². The van der Waals surface area contributed by atoms with Gasteiger partial charge in [0, 0.05) is 41.6 Å². The molecule has 1 saturated heterocycles. The Bertz CT molecular complexity index is 614. The van der Waals surface area contributed by atoms with Crippen molar-refractivity contribution in [1.82, 2.24) is 14.8 Å². The third-order valence-electron chi connectivity index (χ3n) is 3.60. The van der Waals surface area contributed by atoms with Crippen LogP contribution >= 0.6 is 15.9 Å². The van der Waals surface area contributed by atoms with E-state index in [-0.39, 0.29) is 5.91 Å². The summed E-state index contributed by atoms with van der Waals surface area (Å²) in [5.41, 5.74) is 1.68. The molecule has 1 N–H and O–H groups in total. The van der Waals surface area contributed by atoms with E-state index in [0.717, 1.165) is 41.6 Å². The van der Waals surface area contributed by atoms with Gasteiger partial charge < -0.3 is 14.8 Å². The second-order valence-corrected chi connectivity index (χ2v) is 5.93. The summed E-state index contributed by atoms with van der Waals surface area (Å²) >= 11 is 3.45. The van der Waals surface area contributed by atoms with Crippen LogP contribution in [-0.4, -0.2) is 53.9 Å². The van der Waals surface area contributed by atoms with Crippen LogP contribution in [0.5, 0.6) is 0 Å². The number of aromatic amines is 1. The molecular formula is C14H16BrN3O. The molecule has 1 aliphatic rings. The molecule has 0 radical (unpaired) electrons. The van der Waals surface area contributed by atoms with Gasteiger partial charge in [0.15, 0.2) is 0 Å². The van der Waals surface area contributed by atoms with Gasteiger partial charge in [-0.05, 0) is 31.3 Å². The third-order valence-corrected chi connectivity index (χ3v) is 4.10. The molecule has 100 valence electrons. The van der Waals surface area contributed by atoms with Gasteiger partial charge in [-0.2, -0.15) is 0 Å². The lowest BCUT2D eigenvalue weighted by molar-refractivity contribution is 0.0659. The van der Waals surface area contributed by atoms with E-state index in [2.05, 4.69) is 32.9 Å². The van der Waals surface area contributed by atoms with Crippen LogP contribution < -0.4 is 0 Å². The van der Waals surface area contributed by atoms with E-state index in [1.165, 1.54) is 0 Å². The molecule has 0 bridgehead atoms. The third kappa shape index (κ3) is 2.53. The molecule has 1 fully saturated rings. The molecule has 1 amide bonds. The number of nitrogens with zero attached hydrogens (tertiary/aromatic N) is 2. The zero-order chi connectivity index (χ0) is 13.4. The van der Waals surface area contributed by atoms with Crippen LogP contribution in [0.25, 0.3) is 10.9 Å². The predicted octanol–water partition coefficient (Wildman–Crippen LogP) is 2.32. The highest BCUT2D eigenvalue weighted by atomic mass is 79.9. The number of carbonyl (C=O) groups is 1. The van der Waals surface area contributed by atoms with Gasteiger partial charge in [0.2, 0.25) is 0 Å². The van der Waals surface area contributed by atoms with Gasteiger partial charge in [0.05, 0.1) is 0 Å². The van der Waals surface area contributed by atoms with Crippen LogP contribution in [0.3, 0.4) is 0 Å². The van der Waals surface area contributed by atoms with Crippen molar-refractivity contribution in [3.05, 3.63) is 34.4 Å². The number of fused-ring (bicyclic) bond motifs is 1. The molecule has 19 heavy (non-hydrogen) atoms. The van der Waals surface area contributed by atoms with Crippen LogP contribution in [0.15, 0.2) is 28.7 Å². The summed E-state index contributed by atoms with van der Waals surface area (Å²) in [6.45, 7) is 3.48. The van der Waals surface area contributed by atoms with Gasteiger partial charge in [-0.25, -0.2) is 0 Å². The van der Waals surface area contributed by atoms with Gasteiger partial charge in [-0.1, -0.05) is 15.9 Å². The number of amides is 1. The molecule has 0 saturated carbocycles. The molecule has 0 atom stereocenters. The number of H-pyrrole nitrogens is 1. The number of nitrogens with one attached hydrogen (secondary N) is 1. The Morgan fingerprint density at radius 3 is 2.68 bits per heavy atom. The van der Waals surface area contributed by atoms with Gasteiger partial charge in [-0.15, -0.1) is 0 Å². The SMILES string of the molecule is CN1CCN(C(=O)c2cc3cc(Br)ccc3[nH]2)CC1. The Morgan fingerprint density at radius 1 is 1.21 bits per heavy atom. The maximum atomic E-state index is 12.4. The van der Waals surface area contributed by atoms with Gasteiger partial charge >= 0.3 is 0 Å². The molecule has 4 nitrogen and oxygen atoms in total. The molecule has 3 rings (SSSR count). The fraction of sp³-hybridized carbons (Fsp3) is 0.357. The van der Waals surface area contributed by atoms with E-state index in [0.29, 0.717) is 5.69 Å². The largest absolute Gasteiger partial charge is 0.351 e. The van der Waals surface area contributed by atoms with Crippen molar-refractivity contribution in [2.75, 3.05) is 33.2 Å². The molecule has 0 aliphatic carbocycles. The molecule has 1 aromatic heterocycles. The summed E-state index contributed by atoms with van der Waals surface area (Å²) in [6, 6.07) is 7.91. The smallest absolute Gasteiger partial charge is 0.270 e. The average Bonchev–Trinajstić information content (AvgIpc) is 2.81. The Kier molecular flexibility index (Phi) is 3.33. The minimum atomic E-state index is 0.0976. The summed E-state index contributed by atoms with van der Waals surface area (Å²) in [6.07, 6.45) is 0. The molecule has 0 spiro atoms. The number of aromatic nitrogens is 1. The van der Waals surface area contributed by atoms with E-state index < -0.39 is 0 Å². The van der Waals surface area contributed by atoms with Crippen LogP contribution in [0.2, 0.25) is 0 Å². The maximum Gasteiger partial charge on any atom is 0.270 e. The standard InChI is InChI=1S/C14H16BrN3O/c1-17-4-6-18(7-5-17)14(19)13-9-10-8-11(15)2-3-12(10)16-13/h2-3,8-9,16H,4-7H2,1H3. The van der Waals surface area contributed by atoms with Crippen LogP contribution in [0, 0.1) is 0 Å². The van der Waals surface area contributed by atoms with Crippen molar-refractivity contribution in [3.8, 4) is 0 Å². The Balaban J connectivity index is 1.85. The minimum absolute atomic E-state index is 0.0976. The molecule has 2 heterocycles. The highest BCUT2D eigenvalue weighted by Gasteiger charge is 2.21. The second-order valence-electron chi connectivity index (χ2n) is 5.01. The monoisotopic (exact) mass is 321 g/mol. The van der Waals surface area contributed by atoms with Crippen molar-refractivity contribution < 1.29 is 4.79 Å². The van der Waals surface area contributed by atoms with Crippen molar-refractivity contribution in [2.45, 2.75) is 0 Å². The van der Waals surface area contributed by atoms with Crippen LogP contribution in [0.4, 0.5) is 0 Å². The van der Waals surface area contributed by atoms with Crippen LogP contribution in [-0.2, 0) is 0 Å². The number of halogens is 1. The summed E-state index contributed by atoms with van der Waals surface area (Å²) in [4.78, 5) is 19.8. The maximum absolute atomic E-state index is 12.4. The molecule has 0 unspecified atom stereocenters. The predicted molar refractivity (Wildman–Crippen MR) is 79.4 cm³/mol. The normalized spacial score (nSPS) is 17.1. The molecule has 2 aromatic rings. The summed E-state index contributed by atoms with van der Waals surface area (Å²) in [5, 5.41) is 1.06. The quantitative estimate of drug-likeness (QED) is 0.875. The summed E-state index contributed by atoms with van der Waals surface area (Å²) in [7, 11) is 2.09. The number of likely N-dealkylation sites (N-methyl/N-ethyl adjacent to an activating group) is 1. The molecule has 5 heteroatoms. The van der Waals surface area contributed by atoms with Crippen molar-refractivity contribution in [1.29, 1.82) is 0 Å². The first-order valence-corrected chi connectivity index (χ1v) is 7.19. The van der Waals surface area contributed by atoms with Gasteiger partial charge in [0.25, 0.3) is 5.91 Å². The number of benzene rings is 1. The number of piperazine rings is 1. The van der Waals surface area contributed by atoms with Crippen molar-refractivity contribution in [3.63, 3.8) is 0 Å². The lowest BCUT2D eigenvalue weighted by atomic mass is 10.2. The highest BCUT2D eigenvalue weighted by Crippen LogP contribution is 2.21. The molecular weight excluding hydrogens is 306 g/mol. The number of carbonyl (C=O) groups excluding carboxylic acids is 1. The van der Waals surface area contributed by atoms with E-state index in [1.54, 1.807) is 0 Å². The first-order valence-electron chi connectivity index (χ1n) is 6.39. The summed E-state index contributed by atoms with van der Waals surface area (Å²) < 4.78 is 1.03. The van der Waals surface area contributed by atoms with E-state index >= 15 is 0 Å². The zero-order valence-electron chi connectivity index (χ0n) is 10.8. The lowest BCUT2D eigenvalue weighted by Gasteiger charge is -2.32. The Morgan fingerprint density at radius 2 is 1.95 bits per heavy atom.